The lowest BCUT2D eigenvalue weighted by Gasteiger charge is -2.44. The molecule has 8 rings (SSSR count). The van der Waals surface area contributed by atoms with Gasteiger partial charge in [0.2, 0.25) is 0 Å². The van der Waals surface area contributed by atoms with Crippen molar-refractivity contribution in [2.24, 2.45) is 17.8 Å². The molecule has 5 aliphatic heterocycles. The number of rotatable bonds is 5. The Morgan fingerprint density at radius 3 is 2.74 bits per heavy atom. The number of hydrogen-bond acceptors (Lipinski definition) is 7. The lowest BCUT2D eigenvalue weighted by molar-refractivity contribution is -0.128. The molecule has 1 saturated carbocycles. The molecule has 6 fully saturated rings. The second-order valence-corrected chi connectivity index (χ2v) is 12.0. The van der Waals surface area contributed by atoms with E-state index >= 15 is 0 Å². The largest absolute Gasteiger partial charge is 0.369 e. The van der Waals surface area contributed by atoms with Crippen LogP contribution in [0.5, 0.6) is 0 Å². The van der Waals surface area contributed by atoms with Crippen molar-refractivity contribution in [3.63, 3.8) is 0 Å². The van der Waals surface area contributed by atoms with Crippen molar-refractivity contribution in [3.05, 3.63) is 23.9 Å². The number of anilines is 1. The molecule has 1 aromatic heterocycles. The second-order valence-electron chi connectivity index (χ2n) is 11.2. The van der Waals surface area contributed by atoms with E-state index in [1.807, 2.05) is 0 Å². The minimum atomic E-state index is -0.372. The molecule has 2 N–H and O–H groups in total. The van der Waals surface area contributed by atoms with Gasteiger partial charge >= 0.3 is 0 Å². The van der Waals surface area contributed by atoms with Crippen molar-refractivity contribution >= 4 is 39.0 Å². The third-order valence-electron chi connectivity index (χ3n) is 9.14. The summed E-state index contributed by atoms with van der Waals surface area (Å²) >= 11 is 1.41. The van der Waals surface area contributed by atoms with Gasteiger partial charge in [-0.2, -0.15) is 4.37 Å². The summed E-state index contributed by atoms with van der Waals surface area (Å²) in [6, 6.07) is 6.59. The van der Waals surface area contributed by atoms with E-state index in [1.165, 1.54) is 37.5 Å². The zero-order valence-corrected chi connectivity index (χ0v) is 20.4. The SMILES string of the molecule is O=C(N[C@H]1CN2CCC1CC2)c1nsc2cc(N3CC4CCCNC4(C(=O)C4CC4)C3)ccc12. The highest BCUT2D eigenvalue weighted by Gasteiger charge is 2.56. The van der Waals surface area contributed by atoms with Crippen LogP contribution >= 0.6 is 11.5 Å². The lowest BCUT2D eigenvalue weighted by atomic mass is 9.76. The number of aromatic nitrogens is 1. The second kappa shape index (κ2) is 8.00. The maximum Gasteiger partial charge on any atom is 0.271 e. The summed E-state index contributed by atoms with van der Waals surface area (Å²) in [5.74, 6) is 1.67. The van der Waals surface area contributed by atoms with Crippen LogP contribution in [-0.2, 0) is 4.79 Å². The molecule has 0 radical (unpaired) electrons. The summed E-state index contributed by atoms with van der Waals surface area (Å²) in [5, 5.41) is 7.89. The van der Waals surface area contributed by atoms with E-state index in [9.17, 15) is 9.59 Å². The maximum absolute atomic E-state index is 13.3. The number of amides is 1. The van der Waals surface area contributed by atoms with Gasteiger partial charge in [-0.15, -0.1) is 0 Å². The van der Waals surface area contributed by atoms with Gasteiger partial charge in [0.15, 0.2) is 5.78 Å². The molecule has 1 amide bonds. The minimum Gasteiger partial charge on any atom is -0.369 e. The molecule has 2 aromatic rings. The lowest BCUT2D eigenvalue weighted by Crippen LogP contribution is -2.61. The first-order valence-electron chi connectivity index (χ1n) is 13.1. The molecule has 5 saturated heterocycles. The Kier molecular flexibility index (Phi) is 5.00. The van der Waals surface area contributed by atoms with Crippen LogP contribution in [-0.4, -0.2) is 71.8 Å². The maximum atomic E-state index is 13.3. The summed E-state index contributed by atoms with van der Waals surface area (Å²) in [4.78, 5) is 31.3. The van der Waals surface area contributed by atoms with E-state index in [-0.39, 0.29) is 23.4 Å². The van der Waals surface area contributed by atoms with Gasteiger partial charge in [0.05, 0.1) is 10.2 Å². The third-order valence-corrected chi connectivity index (χ3v) is 9.95. The number of hydrogen-bond donors (Lipinski definition) is 2. The first-order valence-corrected chi connectivity index (χ1v) is 13.8. The molecule has 2 unspecified atom stereocenters. The molecule has 3 atom stereocenters. The molecule has 0 spiro atoms. The standard InChI is InChI=1S/C26H33N5O2S/c32-24(17-3-4-17)26-15-31(13-18(26)2-1-9-27-26)19-5-6-20-22(12-19)34-29-23(20)25(33)28-21-14-30-10-7-16(21)8-11-30/h5-6,12,16-18,21,27H,1-4,7-11,13-15H2,(H,28,33)/t18?,21-,26?/m0/s1. The van der Waals surface area contributed by atoms with Crippen molar-refractivity contribution in [1.82, 2.24) is 19.9 Å². The summed E-state index contributed by atoms with van der Waals surface area (Å²) in [5.41, 5.74) is 1.32. The van der Waals surface area contributed by atoms with Crippen LogP contribution < -0.4 is 15.5 Å². The Bertz CT molecular complexity index is 1140. The number of carbonyl (C=O) groups is 2. The molecular formula is C26H33N5O2S. The number of benzene rings is 1. The Hall–Kier alpha value is -2.03. The topological polar surface area (TPSA) is 77.6 Å². The van der Waals surface area contributed by atoms with Gasteiger partial charge in [0, 0.05) is 48.6 Å². The van der Waals surface area contributed by atoms with Gasteiger partial charge < -0.3 is 20.4 Å². The summed E-state index contributed by atoms with van der Waals surface area (Å²) in [6.45, 7) is 5.91. The molecule has 6 aliphatic rings. The van der Waals surface area contributed by atoms with Crippen LogP contribution in [0.4, 0.5) is 5.69 Å². The van der Waals surface area contributed by atoms with E-state index in [2.05, 4.69) is 43.0 Å². The predicted molar refractivity (Wildman–Crippen MR) is 133 cm³/mol. The van der Waals surface area contributed by atoms with E-state index < -0.39 is 0 Å². The molecule has 6 heterocycles. The van der Waals surface area contributed by atoms with Gasteiger partial charge in [-0.3, -0.25) is 9.59 Å². The number of piperidine rings is 4. The molecular weight excluding hydrogens is 446 g/mol. The van der Waals surface area contributed by atoms with Crippen molar-refractivity contribution < 1.29 is 9.59 Å². The highest BCUT2D eigenvalue weighted by molar-refractivity contribution is 7.13. The molecule has 2 bridgehead atoms. The zero-order chi connectivity index (χ0) is 22.9. The Balaban J connectivity index is 1.11. The van der Waals surface area contributed by atoms with Crippen LogP contribution in [0.2, 0.25) is 0 Å². The quantitative estimate of drug-likeness (QED) is 0.687. The third kappa shape index (κ3) is 3.40. The van der Waals surface area contributed by atoms with Gasteiger partial charge in [-0.25, -0.2) is 0 Å². The number of ketones is 1. The van der Waals surface area contributed by atoms with Crippen molar-refractivity contribution in [2.45, 2.75) is 50.1 Å². The van der Waals surface area contributed by atoms with Crippen molar-refractivity contribution in [1.29, 1.82) is 0 Å². The zero-order valence-electron chi connectivity index (χ0n) is 19.6. The number of carbonyl (C=O) groups excluding carboxylic acids is 2. The monoisotopic (exact) mass is 479 g/mol. The highest BCUT2D eigenvalue weighted by atomic mass is 32.1. The number of fused-ring (bicyclic) bond motifs is 5. The van der Waals surface area contributed by atoms with Crippen molar-refractivity contribution in [3.8, 4) is 0 Å². The van der Waals surface area contributed by atoms with Gasteiger partial charge in [0.25, 0.3) is 5.91 Å². The molecule has 1 aliphatic carbocycles. The average Bonchev–Trinajstić information content (AvgIpc) is 3.50. The van der Waals surface area contributed by atoms with E-state index in [0.29, 0.717) is 23.3 Å². The molecule has 34 heavy (non-hydrogen) atoms. The van der Waals surface area contributed by atoms with Crippen LogP contribution in [0, 0.1) is 17.8 Å². The smallest absolute Gasteiger partial charge is 0.271 e. The Morgan fingerprint density at radius 2 is 1.97 bits per heavy atom. The Labute approximate surface area is 204 Å². The fourth-order valence-electron chi connectivity index (χ4n) is 7.04. The highest BCUT2D eigenvalue weighted by Crippen LogP contribution is 2.44. The van der Waals surface area contributed by atoms with Crippen LogP contribution in [0.15, 0.2) is 18.2 Å². The van der Waals surface area contributed by atoms with Gasteiger partial charge in [-0.05, 0) is 93.8 Å². The van der Waals surface area contributed by atoms with E-state index in [4.69, 9.17) is 0 Å². The predicted octanol–water partition coefficient (Wildman–Crippen LogP) is 2.66. The normalized spacial score (nSPS) is 34.9. The fraction of sp³-hybridized carbons (Fsp3) is 0.654. The molecule has 180 valence electrons. The molecule has 1 aromatic carbocycles. The van der Waals surface area contributed by atoms with E-state index in [0.717, 1.165) is 67.6 Å². The van der Waals surface area contributed by atoms with Crippen LogP contribution in [0.25, 0.3) is 10.1 Å². The van der Waals surface area contributed by atoms with Gasteiger partial charge in [-0.1, -0.05) is 0 Å². The first kappa shape index (κ1) is 21.3. The Morgan fingerprint density at radius 1 is 1.12 bits per heavy atom. The van der Waals surface area contributed by atoms with Crippen LogP contribution in [0.1, 0.15) is 49.0 Å². The summed E-state index contributed by atoms with van der Waals surface area (Å²) < 4.78 is 5.61. The fourth-order valence-corrected chi connectivity index (χ4v) is 7.85. The summed E-state index contributed by atoms with van der Waals surface area (Å²) in [6.07, 6.45) is 6.75. The molecule has 8 heteroatoms. The van der Waals surface area contributed by atoms with Gasteiger partial charge in [0.1, 0.15) is 5.69 Å². The number of nitrogens with zero attached hydrogens (tertiary/aromatic N) is 3. The minimum absolute atomic E-state index is 0.0388. The number of nitrogens with one attached hydrogen (secondary N) is 2. The van der Waals surface area contributed by atoms with E-state index in [1.54, 1.807) is 0 Å². The van der Waals surface area contributed by atoms with Crippen LogP contribution in [0.3, 0.4) is 0 Å². The van der Waals surface area contributed by atoms with Crippen molar-refractivity contribution in [2.75, 3.05) is 44.2 Å². The number of Topliss-reactive ketones (excluding diaryl/α,β-unsaturated/α-hetero) is 1. The first-order chi connectivity index (χ1) is 16.6. The summed E-state index contributed by atoms with van der Waals surface area (Å²) in [7, 11) is 0. The average molecular weight is 480 g/mol. The molecule has 7 nitrogen and oxygen atoms in total.